The van der Waals surface area contributed by atoms with E-state index in [9.17, 15) is 4.79 Å². The molecule has 1 aromatic carbocycles. The van der Waals surface area contributed by atoms with Crippen molar-refractivity contribution in [3.63, 3.8) is 0 Å². The van der Waals surface area contributed by atoms with Crippen molar-refractivity contribution in [1.82, 2.24) is 0 Å². The average molecular weight is 218 g/mol. The van der Waals surface area contributed by atoms with Crippen molar-refractivity contribution in [2.24, 2.45) is 5.73 Å². The predicted molar refractivity (Wildman–Crippen MR) is 65.4 cm³/mol. The number of carbonyl (C=O) groups is 1. The molecule has 16 heavy (non-hydrogen) atoms. The molecule has 0 fully saturated rings. The van der Waals surface area contributed by atoms with Gasteiger partial charge in [0.1, 0.15) is 0 Å². The van der Waals surface area contributed by atoms with Gasteiger partial charge in [0.15, 0.2) is 0 Å². The van der Waals surface area contributed by atoms with E-state index in [0.29, 0.717) is 12.5 Å². The van der Waals surface area contributed by atoms with Crippen LogP contribution in [-0.4, -0.2) is 18.5 Å². The molecule has 2 N–H and O–H groups in total. The zero-order valence-corrected chi connectivity index (χ0v) is 9.65. The summed E-state index contributed by atoms with van der Waals surface area (Å²) in [5.41, 5.74) is 7.88. The number of primary amides is 1. The maximum absolute atomic E-state index is 10.7. The second kappa shape index (κ2) is 4.56. The van der Waals surface area contributed by atoms with Gasteiger partial charge in [-0.2, -0.15) is 0 Å². The quantitative estimate of drug-likeness (QED) is 0.836. The van der Waals surface area contributed by atoms with Crippen LogP contribution in [0.5, 0.6) is 0 Å². The standard InChI is InChI=1S/C13H18N2O/c1-10-9-11-5-2-3-6-12(11)15(10)8-4-7-13(14)16/h2-3,5-6,10H,4,7-9H2,1H3,(H2,14,16). The molecule has 1 heterocycles. The van der Waals surface area contributed by atoms with Crippen LogP contribution < -0.4 is 10.6 Å². The Morgan fingerprint density at radius 2 is 2.25 bits per heavy atom. The molecule has 1 amide bonds. The van der Waals surface area contributed by atoms with Crippen LogP contribution in [0.1, 0.15) is 25.3 Å². The number of benzene rings is 1. The van der Waals surface area contributed by atoms with E-state index in [1.165, 1.54) is 11.3 Å². The summed E-state index contributed by atoms with van der Waals surface area (Å²) in [6, 6.07) is 9.02. The van der Waals surface area contributed by atoms with Gasteiger partial charge in [-0.3, -0.25) is 4.79 Å². The van der Waals surface area contributed by atoms with E-state index < -0.39 is 0 Å². The summed E-state index contributed by atoms with van der Waals surface area (Å²) < 4.78 is 0. The molecule has 0 aliphatic carbocycles. The molecule has 1 aromatic rings. The van der Waals surface area contributed by atoms with Gasteiger partial charge in [0.05, 0.1) is 0 Å². The van der Waals surface area contributed by atoms with E-state index >= 15 is 0 Å². The summed E-state index contributed by atoms with van der Waals surface area (Å²) in [6.07, 6.45) is 2.42. The minimum Gasteiger partial charge on any atom is -0.370 e. The lowest BCUT2D eigenvalue weighted by atomic mass is 10.1. The Kier molecular flexibility index (Phi) is 3.13. The topological polar surface area (TPSA) is 46.3 Å². The fraction of sp³-hybridized carbons (Fsp3) is 0.462. The number of hydrogen-bond acceptors (Lipinski definition) is 2. The van der Waals surface area contributed by atoms with Crippen molar-refractivity contribution >= 4 is 11.6 Å². The highest BCUT2D eigenvalue weighted by Crippen LogP contribution is 2.31. The molecule has 0 bridgehead atoms. The highest BCUT2D eigenvalue weighted by atomic mass is 16.1. The molecular weight excluding hydrogens is 200 g/mol. The number of para-hydroxylation sites is 1. The van der Waals surface area contributed by atoms with Gasteiger partial charge in [-0.05, 0) is 31.4 Å². The number of rotatable bonds is 4. The van der Waals surface area contributed by atoms with Crippen LogP contribution in [0.4, 0.5) is 5.69 Å². The first kappa shape index (κ1) is 11.0. The zero-order valence-electron chi connectivity index (χ0n) is 9.65. The molecule has 2 rings (SSSR count). The summed E-state index contributed by atoms with van der Waals surface area (Å²) in [5.74, 6) is -0.208. The lowest BCUT2D eigenvalue weighted by molar-refractivity contribution is -0.118. The van der Waals surface area contributed by atoms with Gasteiger partial charge < -0.3 is 10.6 Å². The number of nitrogens with two attached hydrogens (primary N) is 1. The molecule has 0 aromatic heterocycles. The highest BCUT2D eigenvalue weighted by Gasteiger charge is 2.24. The third-order valence-electron chi connectivity index (χ3n) is 3.17. The van der Waals surface area contributed by atoms with Crippen LogP contribution in [0.3, 0.4) is 0 Å². The Labute approximate surface area is 96.2 Å². The molecule has 1 aliphatic heterocycles. The molecule has 0 saturated heterocycles. The van der Waals surface area contributed by atoms with Crippen LogP contribution in [0.25, 0.3) is 0 Å². The number of hydrogen-bond donors (Lipinski definition) is 1. The Hall–Kier alpha value is -1.51. The molecular formula is C13H18N2O. The summed E-state index contributed by atoms with van der Waals surface area (Å²) in [5, 5.41) is 0. The maximum Gasteiger partial charge on any atom is 0.217 e. The van der Waals surface area contributed by atoms with E-state index in [4.69, 9.17) is 5.73 Å². The molecule has 1 unspecified atom stereocenters. The lowest BCUT2D eigenvalue weighted by Gasteiger charge is -2.24. The summed E-state index contributed by atoms with van der Waals surface area (Å²) in [6.45, 7) is 3.14. The summed E-state index contributed by atoms with van der Waals surface area (Å²) in [4.78, 5) is 13.1. The van der Waals surface area contributed by atoms with Crippen LogP contribution >= 0.6 is 0 Å². The predicted octanol–water partition coefficient (Wildman–Crippen LogP) is 1.70. The van der Waals surface area contributed by atoms with Crippen molar-refractivity contribution in [1.29, 1.82) is 0 Å². The minimum atomic E-state index is -0.208. The minimum absolute atomic E-state index is 0.208. The molecule has 0 spiro atoms. The van der Waals surface area contributed by atoms with Gasteiger partial charge in [-0.15, -0.1) is 0 Å². The van der Waals surface area contributed by atoms with Crippen molar-refractivity contribution in [2.45, 2.75) is 32.2 Å². The zero-order chi connectivity index (χ0) is 11.5. The van der Waals surface area contributed by atoms with Crippen molar-refractivity contribution in [2.75, 3.05) is 11.4 Å². The molecule has 0 radical (unpaired) electrons. The van der Waals surface area contributed by atoms with Crippen LogP contribution in [-0.2, 0) is 11.2 Å². The SMILES string of the molecule is CC1Cc2ccccc2N1CCCC(N)=O. The largest absolute Gasteiger partial charge is 0.370 e. The molecule has 3 nitrogen and oxygen atoms in total. The van der Waals surface area contributed by atoms with E-state index in [2.05, 4.69) is 36.1 Å². The number of carbonyl (C=O) groups excluding carboxylic acids is 1. The molecule has 1 atom stereocenters. The monoisotopic (exact) mass is 218 g/mol. The Bertz CT molecular complexity index is 389. The first-order valence-electron chi connectivity index (χ1n) is 5.81. The fourth-order valence-corrected chi connectivity index (χ4v) is 2.39. The van der Waals surface area contributed by atoms with Crippen LogP contribution in [0.15, 0.2) is 24.3 Å². The number of amides is 1. The average Bonchev–Trinajstić information content (AvgIpc) is 2.55. The van der Waals surface area contributed by atoms with Crippen molar-refractivity contribution in [3.05, 3.63) is 29.8 Å². The molecule has 0 saturated carbocycles. The van der Waals surface area contributed by atoms with Crippen LogP contribution in [0, 0.1) is 0 Å². The van der Waals surface area contributed by atoms with Gasteiger partial charge in [-0.25, -0.2) is 0 Å². The van der Waals surface area contributed by atoms with Gasteiger partial charge in [-0.1, -0.05) is 18.2 Å². The van der Waals surface area contributed by atoms with Gasteiger partial charge >= 0.3 is 0 Å². The van der Waals surface area contributed by atoms with Gasteiger partial charge in [0.2, 0.25) is 5.91 Å². The van der Waals surface area contributed by atoms with E-state index in [0.717, 1.165) is 19.4 Å². The van der Waals surface area contributed by atoms with Crippen molar-refractivity contribution in [3.8, 4) is 0 Å². The summed E-state index contributed by atoms with van der Waals surface area (Å²) >= 11 is 0. The number of anilines is 1. The first-order chi connectivity index (χ1) is 7.68. The summed E-state index contributed by atoms with van der Waals surface area (Å²) in [7, 11) is 0. The number of fused-ring (bicyclic) bond motifs is 1. The Balaban J connectivity index is 2.02. The van der Waals surface area contributed by atoms with Crippen LogP contribution in [0.2, 0.25) is 0 Å². The first-order valence-corrected chi connectivity index (χ1v) is 5.81. The molecule has 1 aliphatic rings. The second-order valence-electron chi connectivity index (χ2n) is 4.45. The normalized spacial score (nSPS) is 18.6. The smallest absolute Gasteiger partial charge is 0.217 e. The van der Waals surface area contributed by atoms with E-state index in [-0.39, 0.29) is 5.91 Å². The maximum atomic E-state index is 10.7. The highest BCUT2D eigenvalue weighted by molar-refractivity contribution is 5.73. The van der Waals surface area contributed by atoms with E-state index in [1.807, 2.05) is 0 Å². The van der Waals surface area contributed by atoms with E-state index in [1.54, 1.807) is 0 Å². The molecule has 86 valence electrons. The fourth-order valence-electron chi connectivity index (χ4n) is 2.39. The second-order valence-corrected chi connectivity index (χ2v) is 4.45. The Morgan fingerprint density at radius 1 is 1.50 bits per heavy atom. The van der Waals surface area contributed by atoms with Gasteiger partial charge in [0.25, 0.3) is 0 Å². The molecule has 3 heteroatoms. The Morgan fingerprint density at radius 3 is 3.00 bits per heavy atom. The van der Waals surface area contributed by atoms with Gasteiger partial charge in [0, 0.05) is 24.7 Å². The van der Waals surface area contributed by atoms with Crippen molar-refractivity contribution < 1.29 is 4.79 Å². The lowest BCUT2D eigenvalue weighted by Crippen LogP contribution is -2.30. The number of nitrogens with zero attached hydrogens (tertiary/aromatic N) is 1. The third-order valence-corrected chi connectivity index (χ3v) is 3.17. The third kappa shape index (κ3) is 2.18.